The van der Waals surface area contributed by atoms with Gasteiger partial charge in [-0.3, -0.25) is 24.0 Å². The fourth-order valence-corrected chi connectivity index (χ4v) is 6.33. The summed E-state index contributed by atoms with van der Waals surface area (Å²) in [5.74, 6) is -10.1. The normalized spacial score (nSPS) is 28.8. The minimum atomic E-state index is -2.65. The van der Waals surface area contributed by atoms with Crippen LogP contribution in [0.25, 0.3) is 0 Å². The lowest BCUT2D eigenvalue weighted by Crippen LogP contribution is -2.68. The fourth-order valence-electron chi connectivity index (χ4n) is 6.33. The van der Waals surface area contributed by atoms with Crippen molar-refractivity contribution in [3.05, 3.63) is 53.3 Å². The largest absolute Gasteiger partial charge is 0.507 e. The molecule has 2 unspecified atom stereocenters. The monoisotopic (exact) mass is 506 g/mol. The van der Waals surface area contributed by atoms with E-state index < -0.39 is 58.3 Å². The second kappa shape index (κ2) is 8.58. The number of amides is 1. The third kappa shape index (κ3) is 3.58. The Bertz CT molecular complexity index is 1370. The molecule has 0 spiro atoms. The van der Waals surface area contributed by atoms with Crippen LogP contribution in [0.1, 0.15) is 34.3 Å². The van der Waals surface area contributed by atoms with Gasteiger partial charge in [-0.1, -0.05) is 6.07 Å². The number of anilines is 1. The molecule has 0 radical (unpaired) electrons. The first-order valence-corrected chi connectivity index (χ1v) is 12.1. The lowest BCUT2D eigenvalue weighted by Gasteiger charge is -2.48. The average molecular weight is 507 g/mol. The molecule has 5 rings (SSSR count). The quantitative estimate of drug-likeness (QED) is 0.378. The van der Waals surface area contributed by atoms with Crippen molar-refractivity contribution in [1.82, 2.24) is 0 Å². The van der Waals surface area contributed by atoms with Crippen molar-refractivity contribution in [2.75, 3.05) is 19.0 Å². The molecular formula is C27H28N3O7+. The predicted molar refractivity (Wildman–Crippen MR) is 129 cm³/mol. The molecule has 1 aromatic heterocycles. The molecule has 1 amide bonds. The molecule has 2 saturated carbocycles. The van der Waals surface area contributed by atoms with E-state index >= 15 is 0 Å². The van der Waals surface area contributed by atoms with Gasteiger partial charge >= 0.3 is 0 Å². The molecular weight excluding hydrogens is 478 g/mol. The highest BCUT2D eigenvalue weighted by atomic mass is 16.3. The van der Waals surface area contributed by atoms with Crippen LogP contribution in [0.15, 0.2) is 36.7 Å². The van der Waals surface area contributed by atoms with Crippen molar-refractivity contribution in [3.8, 4) is 5.75 Å². The molecule has 37 heavy (non-hydrogen) atoms. The summed E-state index contributed by atoms with van der Waals surface area (Å²) in [6, 6.07) is 7.34. The fraction of sp³-hybridized carbons (Fsp3) is 0.407. The number of pyridine rings is 1. The molecule has 10 heteroatoms. The molecule has 10 nitrogen and oxygen atoms in total. The van der Waals surface area contributed by atoms with Crippen LogP contribution in [0.5, 0.6) is 5.75 Å². The molecule has 2 fully saturated rings. The van der Waals surface area contributed by atoms with Gasteiger partial charge in [0.05, 0.1) is 17.0 Å². The van der Waals surface area contributed by atoms with Crippen LogP contribution >= 0.6 is 0 Å². The van der Waals surface area contributed by atoms with E-state index in [1.807, 2.05) is 60.2 Å². The summed E-state index contributed by atoms with van der Waals surface area (Å²) < 4.78 is 1.83. The van der Waals surface area contributed by atoms with Gasteiger partial charge in [0.15, 0.2) is 53.6 Å². The minimum Gasteiger partial charge on any atom is -0.507 e. The maximum atomic E-state index is 13.9. The highest BCUT2D eigenvalue weighted by Gasteiger charge is 2.66. The number of hydrogen-bond donors (Lipinski definition) is 3. The van der Waals surface area contributed by atoms with Crippen LogP contribution in [0, 0.1) is 23.7 Å². The third-order valence-electron chi connectivity index (χ3n) is 8.07. The van der Waals surface area contributed by atoms with Crippen molar-refractivity contribution >= 4 is 34.7 Å². The van der Waals surface area contributed by atoms with Gasteiger partial charge < -0.3 is 20.8 Å². The van der Waals surface area contributed by atoms with E-state index in [1.165, 1.54) is 0 Å². The number of carbonyl (C=O) groups excluding carboxylic acids is 5. The van der Waals surface area contributed by atoms with Crippen molar-refractivity contribution in [1.29, 1.82) is 0 Å². The van der Waals surface area contributed by atoms with E-state index in [2.05, 4.69) is 0 Å². The molecule has 3 aliphatic carbocycles. The molecule has 192 valence electrons. The molecule has 0 bridgehead atoms. The van der Waals surface area contributed by atoms with E-state index in [9.17, 15) is 34.2 Å². The Kier molecular flexibility index (Phi) is 5.74. The van der Waals surface area contributed by atoms with Crippen LogP contribution < -0.4 is 15.2 Å². The summed E-state index contributed by atoms with van der Waals surface area (Å²) in [6.45, 7) is 0.267. The molecule has 1 heterocycles. The number of aromatic nitrogens is 1. The first kappa shape index (κ1) is 24.8. The highest BCUT2D eigenvalue weighted by Crippen LogP contribution is 2.51. The Morgan fingerprint density at radius 2 is 1.78 bits per heavy atom. The van der Waals surface area contributed by atoms with Crippen LogP contribution in [0.3, 0.4) is 0 Å². The Labute approximate surface area is 212 Å². The first-order valence-electron chi connectivity index (χ1n) is 12.1. The number of fused-ring (bicyclic) bond motifs is 3. The van der Waals surface area contributed by atoms with Crippen molar-refractivity contribution in [3.63, 3.8) is 0 Å². The van der Waals surface area contributed by atoms with E-state index in [1.54, 1.807) is 0 Å². The number of benzene rings is 1. The topological polar surface area (TPSA) is 159 Å². The van der Waals surface area contributed by atoms with Crippen molar-refractivity contribution < 1.29 is 38.8 Å². The molecule has 1 aromatic carbocycles. The van der Waals surface area contributed by atoms with E-state index in [0.29, 0.717) is 16.8 Å². The van der Waals surface area contributed by atoms with Crippen LogP contribution in [0.4, 0.5) is 5.69 Å². The highest BCUT2D eigenvalue weighted by molar-refractivity contribution is 6.31. The number of rotatable bonds is 4. The number of primary amides is 1. The number of carbonyl (C=O) groups is 5. The maximum Gasteiger partial charge on any atom is 0.235 e. The summed E-state index contributed by atoms with van der Waals surface area (Å²) >= 11 is 0. The summed E-state index contributed by atoms with van der Waals surface area (Å²) in [5.41, 5.74) is 4.34. The summed E-state index contributed by atoms with van der Waals surface area (Å²) in [6.07, 6.45) is 3.59. The Morgan fingerprint density at radius 1 is 1.11 bits per heavy atom. The molecule has 4 N–H and O–H groups in total. The summed E-state index contributed by atoms with van der Waals surface area (Å²) in [7, 11) is 3.63. The Hall–Kier alpha value is -3.92. The number of nitrogens with two attached hydrogens (primary N) is 1. The van der Waals surface area contributed by atoms with Crippen LogP contribution in [-0.2, 0) is 32.1 Å². The van der Waals surface area contributed by atoms with Gasteiger partial charge in [-0.25, -0.2) is 4.57 Å². The lowest BCUT2D eigenvalue weighted by atomic mass is 9.53. The van der Waals surface area contributed by atoms with Gasteiger partial charge in [-0.2, -0.15) is 0 Å². The van der Waals surface area contributed by atoms with Gasteiger partial charge in [-0.05, 0) is 30.4 Å². The number of aliphatic hydroxyl groups is 1. The van der Waals surface area contributed by atoms with Crippen molar-refractivity contribution in [2.45, 2.75) is 31.4 Å². The molecule has 2 aromatic rings. The second-order valence-electron chi connectivity index (χ2n) is 10.4. The van der Waals surface area contributed by atoms with Crippen molar-refractivity contribution in [2.24, 2.45) is 29.4 Å². The molecule has 3 aliphatic rings. The number of phenols is 1. The minimum absolute atomic E-state index is 0.000155. The van der Waals surface area contributed by atoms with Gasteiger partial charge in [0.1, 0.15) is 5.75 Å². The molecule has 5 atom stereocenters. The lowest BCUT2D eigenvalue weighted by molar-refractivity contribution is -0.688. The van der Waals surface area contributed by atoms with E-state index in [4.69, 9.17) is 5.73 Å². The number of hydrogen-bond acceptors (Lipinski definition) is 8. The number of phenolic OH excluding ortho intramolecular Hbond substituents is 1. The van der Waals surface area contributed by atoms with Crippen LogP contribution in [0.2, 0.25) is 0 Å². The average Bonchev–Trinajstić information content (AvgIpc) is 2.83. The van der Waals surface area contributed by atoms with E-state index in [0.717, 1.165) is 0 Å². The van der Waals surface area contributed by atoms with Gasteiger partial charge in [0.25, 0.3) is 0 Å². The Morgan fingerprint density at radius 3 is 2.41 bits per heavy atom. The van der Waals surface area contributed by atoms with Gasteiger partial charge in [-0.15, -0.1) is 0 Å². The van der Waals surface area contributed by atoms with E-state index in [-0.39, 0.29) is 37.1 Å². The van der Waals surface area contributed by atoms with Gasteiger partial charge in [0.2, 0.25) is 5.91 Å². The predicted octanol–water partition coefficient (Wildman–Crippen LogP) is -0.271. The number of nitrogens with zero attached hydrogens (tertiary/aromatic N) is 2. The summed E-state index contributed by atoms with van der Waals surface area (Å²) in [4.78, 5) is 66.7. The zero-order chi connectivity index (χ0) is 26.8. The maximum absolute atomic E-state index is 13.9. The molecule has 0 saturated heterocycles. The number of aromatic hydroxyl groups is 1. The smallest absolute Gasteiger partial charge is 0.235 e. The van der Waals surface area contributed by atoms with Crippen LogP contribution in [-0.4, -0.2) is 58.9 Å². The number of Topliss-reactive ketones (excluding diaryl/α,β-unsaturated/α-hetero) is 4. The standard InChI is InChI=1S/C27H27N3O7/c1-29(2)17-10-14(12-30-6-4-3-5-7-30)22(32)20-16(17)9-13-8-15-11-18(31)21(26(28)36)25(35)27(15,37)24(34)19(13)23(20)33/h3-7,10,13,15,19,21,37H,8-9,11-12H2,1-2H3,(H2-,28,32,33,36)/p+1/t13-,15+,19?,21?,27+/m1/s1. The third-order valence-corrected chi connectivity index (χ3v) is 8.07. The zero-order valence-electron chi connectivity index (χ0n) is 20.5. The SMILES string of the molecule is CN(C)c1cc(C[n+]2ccccc2)c(O)c2c1C[C@H]1C[C@H]3CC(=O)C(C(N)=O)C(=O)[C@@]3(O)C(=O)C1C2=O. The molecule has 0 aliphatic heterocycles. The first-order chi connectivity index (χ1) is 17.5. The Balaban J connectivity index is 1.61. The zero-order valence-corrected chi connectivity index (χ0v) is 20.5. The second-order valence-corrected chi connectivity index (χ2v) is 10.4. The summed E-state index contributed by atoms with van der Waals surface area (Å²) in [5, 5.41) is 22.6. The van der Waals surface area contributed by atoms with Gasteiger partial charge in [0, 0.05) is 44.3 Å². The number of ketones is 4.